The summed E-state index contributed by atoms with van der Waals surface area (Å²) in [6.07, 6.45) is 2.28. The predicted molar refractivity (Wildman–Crippen MR) is 86.8 cm³/mol. The molecule has 4 aliphatic rings. The van der Waals surface area contributed by atoms with Crippen LogP contribution in [0.2, 0.25) is 0 Å². The normalized spacial score (nSPS) is 33.6. The van der Waals surface area contributed by atoms with Gasteiger partial charge in [0.25, 0.3) is 5.91 Å². The van der Waals surface area contributed by atoms with E-state index in [1.54, 1.807) is 7.11 Å². The van der Waals surface area contributed by atoms with Gasteiger partial charge >= 0.3 is 0 Å². The molecule has 0 N–H and O–H groups in total. The molecule has 5 rings (SSSR count). The van der Waals surface area contributed by atoms with E-state index in [-0.39, 0.29) is 5.91 Å². The van der Waals surface area contributed by atoms with Crippen LogP contribution in [0.25, 0.3) is 0 Å². The van der Waals surface area contributed by atoms with Crippen molar-refractivity contribution in [2.75, 3.05) is 26.7 Å². The molecule has 0 spiro atoms. The molecule has 0 aliphatic carbocycles. The summed E-state index contributed by atoms with van der Waals surface area (Å²) in [5.74, 6) is 1.54. The van der Waals surface area contributed by atoms with Crippen LogP contribution in [0.3, 0.4) is 0 Å². The summed E-state index contributed by atoms with van der Waals surface area (Å²) in [7, 11) is 1.66. The molecule has 4 heterocycles. The van der Waals surface area contributed by atoms with Crippen molar-refractivity contribution in [2.24, 2.45) is 10.9 Å². The summed E-state index contributed by atoms with van der Waals surface area (Å²) in [4.78, 5) is 22.6. The number of methoxy groups -OCH3 is 1. The Bertz CT molecular complexity index is 714. The summed E-state index contributed by atoms with van der Waals surface area (Å²) >= 11 is 0. The average molecular weight is 311 g/mol. The number of hydrogen-bond acceptors (Lipinski definition) is 4. The second-order valence-electron chi connectivity index (χ2n) is 7.14. The summed E-state index contributed by atoms with van der Waals surface area (Å²) in [6, 6.07) is 6.72. The topological polar surface area (TPSA) is 45.1 Å². The Hall–Kier alpha value is -1.88. The van der Waals surface area contributed by atoms with Crippen LogP contribution in [0.1, 0.15) is 24.0 Å². The molecule has 3 bridgehead atoms. The zero-order chi connectivity index (χ0) is 15.6. The van der Waals surface area contributed by atoms with E-state index in [1.165, 1.54) is 6.42 Å². The van der Waals surface area contributed by atoms with Crippen LogP contribution in [-0.2, 0) is 11.3 Å². The van der Waals surface area contributed by atoms with Gasteiger partial charge in [0, 0.05) is 31.7 Å². The molecule has 3 saturated heterocycles. The minimum atomic E-state index is 0.120. The van der Waals surface area contributed by atoms with Crippen LogP contribution in [0.4, 0.5) is 0 Å². The number of ether oxygens (including phenoxy) is 1. The first-order chi connectivity index (χ1) is 11.3. The van der Waals surface area contributed by atoms with Gasteiger partial charge in [0.2, 0.25) is 0 Å². The molecule has 3 fully saturated rings. The van der Waals surface area contributed by atoms with Gasteiger partial charge in [-0.2, -0.15) is 0 Å². The largest absolute Gasteiger partial charge is 0.496 e. The number of likely N-dealkylation sites (tertiary alicyclic amines) is 1. The monoisotopic (exact) mass is 311 g/mol. The number of benzene rings is 1. The molecular formula is C18H21N3O2. The summed E-state index contributed by atoms with van der Waals surface area (Å²) in [5, 5.41) is 0. The molecule has 1 amide bonds. The average Bonchev–Trinajstić information content (AvgIpc) is 3.07. The number of amides is 1. The van der Waals surface area contributed by atoms with Gasteiger partial charge < -0.3 is 14.5 Å². The Morgan fingerprint density at radius 1 is 1.35 bits per heavy atom. The van der Waals surface area contributed by atoms with Gasteiger partial charge in [0.15, 0.2) is 0 Å². The van der Waals surface area contributed by atoms with E-state index < -0.39 is 0 Å². The third-order valence-corrected chi connectivity index (χ3v) is 5.99. The number of aliphatic imine (C=N–C) groups is 1. The van der Waals surface area contributed by atoms with Crippen LogP contribution < -0.4 is 4.74 Å². The molecule has 5 nitrogen and oxygen atoms in total. The number of fused-ring (bicyclic) bond motifs is 3. The highest BCUT2D eigenvalue weighted by atomic mass is 16.5. The molecule has 1 aromatic carbocycles. The maximum absolute atomic E-state index is 13.3. The van der Waals surface area contributed by atoms with Crippen LogP contribution in [0.15, 0.2) is 23.2 Å². The second kappa shape index (κ2) is 4.81. The highest BCUT2D eigenvalue weighted by molar-refractivity contribution is 6.47. The number of carbonyl (C=O) groups excluding carboxylic acids is 1. The number of carbonyl (C=O) groups is 1. The first-order valence-corrected chi connectivity index (χ1v) is 8.52. The van der Waals surface area contributed by atoms with Crippen molar-refractivity contribution in [1.29, 1.82) is 0 Å². The van der Waals surface area contributed by atoms with Gasteiger partial charge in [-0.3, -0.25) is 9.79 Å². The Labute approximate surface area is 135 Å². The number of piperidine rings is 2. The molecule has 0 aromatic heterocycles. The summed E-state index contributed by atoms with van der Waals surface area (Å²) in [5.41, 5.74) is 2.63. The first kappa shape index (κ1) is 13.5. The fourth-order valence-electron chi connectivity index (χ4n) is 5.06. The zero-order valence-corrected chi connectivity index (χ0v) is 13.4. The lowest BCUT2D eigenvalue weighted by Gasteiger charge is -2.35. The number of rotatable bonds is 2. The first-order valence-electron chi connectivity index (χ1n) is 8.52. The Balaban J connectivity index is 1.52. The summed E-state index contributed by atoms with van der Waals surface area (Å²) < 4.78 is 5.49. The molecule has 23 heavy (non-hydrogen) atoms. The van der Waals surface area contributed by atoms with E-state index in [2.05, 4.69) is 14.8 Å². The Kier molecular flexibility index (Phi) is 2.83. The molecule has 5 heteroatoms. The van der Waals surface area contributed by atoms with E-state index >= 15 is 0 Å². The summed E-state index contributed by atoms with van der Waals surface area (Å²) in [6.45, 7) is 3.92. The van der Waals surface area contributed by atoms with E-state index in [0.717, 1.165) is 42.9 Å². The highest BCUT2D eigenvalue weighted by Gasteiger charge is 2.51. The van der Waals surface area contributed by atoms with Crippen LogP contribution in [0, 0.1) is 5.92 Å². The Morgan fingerprint density at radius 2 is 2.26 bits per heavy atom. The zero-order valence-electron chi connectivity index (χ0n) is 13.4. The maximum atomic E-state index is 13.3. The fraction of sp³-hybridized carbons (Fsp3) is 0.556. The van der Waals surface area contributed by atoms with E-state index in [4.69, 9.17) is 4.74 Å². The molecular weight excluding hydrogens is 290 g/mol. The molecule has 4 atom stereocenters. The van der Waals surface area contributed by atoms with Crippen LogP contribution in [0.5, 0.6) is 5.75 Å². The standard InChI is InChI=1S/C18H21N3O2/c1-23-15-4-2-3-11-8-19-17(16(11)15)18(22)21-13-7-12-9-20(10-13)6-5-14(12)21/h2-4,12-14H,5-10H2,1H3. The van der Waals surface area contributed by atoms with Crippen molar-refractivity contribution in [2.45, 2.75) is 31.5 Å². The second-order valence-corrected chi connectivity index (χ2v) is 7.14. The molecule has 4 aliphatic heterocycles. The predicted octanol–water partition coefficient (Wildman–Crippen LogP) is 1.30. The molecule has 4 unspecified atom stereocenters. The quantitative estimate of drug-likeness (QED) is 0.827. The van der Waals surface area contributed by atoms with Gasteiger partial charge in [-0.25, -0.2) is 0 Å². The molecule has 0 saturated carbocycles. The van der Waals surface area contributed by atoms with Crippen molar-refractivity contribution in [1.82, 2.24) is 9.80 Å². The SMILES string of the molecule is COc1cccc2c1C(C(=O)N1C3CC4CN(CCC41)C3)=NC2. The van der Waals surface area contributed by atoms with Gasteiger partial charge in [0.05, 0.1) is 19.2 Å². The van der Waals surface area contributed by atoms with E-state index in [0.29, 0.717) is 30.3 Å². The van der Waals surface area contributed by atoms with E-state index in [1.807, 2.05) is 18.2 Å². The third kappa shape index (κ3) is 1.83. The van der Waals surface area contributed by atoms with Crippen molar-refractivity contribution in [3.63, 3.8) is 0 Å². The molecule has 0 radical (unpaired) electrons. The fourth-order valence-corrected chi connectivity index (χ4v) is 5.06. The highest BCUT2D eigenvalue weighted by Crippen LogP contribution is 2.41. The van der Waals surface area contributed by atoms with Crippen molar-refractivity contribution in [3.05, 3.63) is 29.3 Å². The Morgan fingerprint density at radius 3 is 3.13 bits per heavy atom. The number of hydrogen-bond donors (Lipinski definition) is 0. The molecule has 120 valence electrons. The van der Waals surface area contributed by atoms with E-state index in [9.17, 15) is 4.79 Å². The van der Waals surface area contributed by atoms with Gasteiger partial charge in [-0.05, 0) is 30.4 Å². The van der Waals surface area contributed by atoms with Crippen molar-refractivity contribution in [3.8, 4) is 5.75 Å². The third-order valence-electron chi connectivity index (χ3n) is 5.99. The van der Waals surface area contributed by atoms with Gasteiger partial charge in [-0.1, -0.05) is 12.1 Å². The van der Waals surface area contributed by atoms with Gasteiger partial charge in [0.1, 0.15) is 11.5 Å². The van der Waals surface area contributed by atoms with Crippen LogP contribution >= 0.6 is 0 Å². The smallest absolute Gasteiger partial charge is 0.273 e. The number of nitrogens with zero attached hydrogens (tertiary/aromatic N) is 3. The minimum Gasteiger partial charge on any atom is -0.496 e. The van der Waals surface area contributed by atoms with Gasteiger partial charge in [-0.15, -0.1) is 0 Å². The lowest BCUT2D eigenvalue weighted by molar-refractivity contribution is -0.126. The maximum Gasteiger partial charge on any atom is 0.273 e. The lowest BCUT2D eigenvalue weighted by atomic mass is 9.89. The molecule has 1 aromatic rings. The van der Waals surface area contributed by atoms with Crippen LogP contribution in [-0.4, -0.2) is 60.2 Å². The van der Waals surface area contributed by atoms with Crippen molar-refractivity contribution < 1.29 is 9.53 Å². The minimum absolute atomic E-state index is 0.120. The lowest BCUT2D eigenvalue weighted by Crippen LogP contribution is -2.45. The van der Waals surface area contributed by atoms with Crippen molar-refractivity contribution >= 4 is 11.6 Å².